The van der Waals surface area contributed by atoms with E-state index >= 15 is 0 Å². The van der Waals surface area contributed by atoms with Crippen LogP contribution in [0.15, 0.2) is 24.3 Å². The molecule has 0 aromatic heterocycles. The summed E-state index contributed by atoms with van der Waals surface area (Å²) < 4.78 is 5.67. The van der Waals surface area contributed by atoms with Crippen LogP contribution in [0.25, 0.3) is 0 Å². The predicted octanol–water partition coefficient (Wildman–Crippen LogP) is 0.978. The Morgan fingerprint density at radius 1 is 1.29 bits per heavy atom. The number of nitrogens with two attached hydrogens (primary N) is 1. The van der Waals surface area contributed by atoms with Gasteiger partial charge in [0, 0.05) is 37.8 Å². The Balaban J connectivity index is 2.46. The van der Waals surface area contributed by atoms with Crippen LogP contribution in [0.4, 0.5) is 0 Å². The minimum Gasteiger partial charge on any atom is -0.491 e. The fourth-order valence-corrected chi connectivity index (χ4v) is 2.16. The van der Waals surface area contributed by atoms with Crippen LogP contribution < -0.4 is 10.5 Å². The average molecular weight is 296 g/mol. The van der Waals surface area contributed by atoms with E-state index in [2.05, 4.69) is 18.7 Å². The first-order valence-corrected chi connectivity index (χ1v) is 7.52. The van der Waals surface area contributed by atoms with E-state index in [1.54, 1.807) is 0 Å². The van der Waals surface area contributed by atoms with Gasteiger partial charge >= 0.3 is 0 Å². The van der Waals surface area contributed by atoms with Gasteiger partial charge in [-0.1, -0.05) is 18.2 Å². The molecule has 1 rings (SSSR count). The minimum atomic E-state index is -0.572. The zero-order valence-corrected chi connectivity index (χ0v) is 13.0. The third-order valence-corrected chi connectivity index (χ3v) is 3.40. The summed E-state index contributed by atoms with van der Waals surface area (Å²) in [5.74, 6) is 0.727. The first-order valence-electron chi connectivity index (χ1n) is 7.52. The van der Waals surface area contributed by atoms with Gasteiger partial charge in [0.1, 0.15) is 18.5 Å². The lowest BCUT2D eigenvalue weighted by Gasteiger charge is -2.28. The molecule has 1 aromatic carbocycles. The zero-order valence-electron chi connectivity index (χ0n) is 13.0. The van der Waals surface area contributed by atoms with Crippen LogP contribution in [0.2, 0.25) is 0 Å². The van der Waals surface area contributed by atoms with E-state index in [-0.39, 0.29) is 13.2 Å². The lowest BCUT2D eigenvalue weighted by Crippen LogP contribution is -2.40. The highest BCUT2D eigenvalue weighted by atomic mass is 16.5. The van der Waals surface area contributed by atoms with E-state index in [4.69, 9.17) is 15.6 Å². The molecule has 1 unspecified atom stereocenters. The molecular weight excluding hydrogens is 268 g/mol. The van der Waals surface area contributed by atoms with E-state index < -0.39 is 6.10 Å². The quantitative estimate of drug-likeness (QED) is 0.600. The van der Waals surface area contributed by atoms with Crippen LogP contribution in [0, 0.1) is 0 Å². The molecule has 0 fully saturated rings. The first-order chi connectivity index (χ1) is 10.1. The Hall–Kier alpha value is -1.14. The van der Waals surface area contributed by atoms with Crippen molar-refractivity contribution in [1.29, 1.82) is 0 Å². The number of hydrogen-bond donors (Lipinski definition) is 3. The standard InChI is InChI=1S/C16H28N2O3/c1-13(2)18(8-5-9-19)11-15(20)12-21-16-7-4-3-6-14(16)10-17/h3-4,6-7,13,15,19-20H,5,8-12,17H2,1-2H3. The summed E-state index contributed by atoms with van der Waals surface area (Å²) in [6, 6.07) is 7.91. The number of para-hydroxylation sites is 1. The molecule has 5 nitrogen and oxygen atoms in total. The Labute approximate surface area is 127 Å². The molecule has 1 aromatic rings. The van der Waals surface area contributed by atoms with Crippen LogP contribution in [0.1, 0.15) is 25.8 Å². The Morgan fingerprint density at radius 3 is 2.62 bits per heavy atom. The summed E-state index contributed by atoms with van der Waals surface area (Å²) in [6.07, 6.45) is 0.138. The summed E-state index contributed by atoms with van der Waals surface area (Å²) in [4.78, 5) is 2.14. The largest absolute Gasteiger partial charge is 0.491 e. The van der Waals surface area contributed by atoms with Crippen molar-refractivity contribution in [2.75, 3.05) is 26.3 Å². The van der Waals surface area contributed by atoms with E-state index in [0.717, 1.165) is 17.9 Å². The van der Waals surface area contributed by atoms with Gasteiger partial charge in [-0.15, -0.1) is 0 Å². The van der Waals surface area contributed by atoms with Crippen molar-refractivity contribution in [2.24, 2.45) is 5.73 Å². The Kier molecular flexibility index (Phi) is 8.30. The van der Waals surface area contributed by atoms with Crippen molar-refractivity contribution < 1.29 is 14.9 Å². The molecule has 0 saturated heterocycles. The van der Waals surface area contributed by atoms with E-state index in [9.17, 15) is 5.11 Å². The number of aliphatic hydroxyl groups is 2. The molecule has 5 heteroatoms. The van der Waals surface area contributed by atoms with Gasteiger partial charge < -0.3 is 20.7 Å². The van der Waals surface area contributed by atoms with Crippen molar-refractivity contribution in [3.63, 3.8) is 0 Å². The molecule has 0 spiro atoms. The maximum absolute atomic E-state index is 10.1. The number of rotatable bonds is 10. The van der Waals surface area contributed by atoms with Gasteiger partial charge in [-0.2, -0.15) is 0 Å². The van der Waals surface area contributed by atoms with Gasteiger partial charge in [0.2, 0.25) is 0 Å². The maximum Gasteiger partial charge on any atom is 0.123 e. The van der Waals surface area contributed by atoms with Crippen molar-refractivity contribution in [3.05, 3.63) is 29.8 Å². The number of nitrogens with zero attached hydrogens (tertiary/aromatic N) is 1. The molecule has 120 valence electrons. The third kappa shape index (κ3) is 6.44. The predicted molar refractivity (Wildman–Crippen MR) is 84.2 cm³/mol. The molecular formula is C16H28N2O3. The number of benzene rings is 1. The van der Waals surface area contributed by atoms with Crippen molar-refractivity contribution in [3.8, 4) is 5.75 Å². The minimum absolute atomic E-state index is 0.166. The molecule has 0 saturated carbocycles. The summed E-state index contributed by atoms with van der Waals surface area (Å²) >= 11 is 0. The van der Waals surface area contributed by atoms with Gasteiger partial charge in [0.25, 0.3) is 0 Å². The third-order valence-electron chi connectivity index (χ3n) is 3.40. The van der Waals surface area contributed by atoms with Crippen LogP contribution >= 0.6 is 0 Å². The Bertz CT molecular complexity index is 399. The summed E-state index contributed by atoms with van der Waals surface area (Å²) in [6.45, 7) is 6.27. The van der Waals surface area contributed by atoms with Gasteiger partial charge in [-0.05, 0) is 26.3 Å². The number of aliphatic hydroxyl groups excluding tert-OH is 2. The summed E-state index contributed by atoms with van der Waals surface area (Å²) in [7, 11) is 0. The molecule has 0 heterocycles. The summed E-state index contributed by atoms with van der Waals surface area (Å²) in [5, 5.41) is 19.0. The van der Waals surface area contributed by atoms with E-state index in [1.165, 1.54) is 0 Å². The molecule has 0 aliphatic heterocycles. The van der Waals surface area contributed by atoms with E-state index in [1.807, 2.05) is 24.3 Å². The zero-order chi connectivity index (χ0) is 15.7. The molecule has 1 atom stereocenters. The normalized spacial score (nSPS) is 12.9. The van der Waals surface area contributed by atoms with Gasteiger partial charge in [-0.3, -0.25) is 4.90 Å². The second-order valence-electron chi connectivity index (χ2n) is 5.44. The molecule has 21 heavy (non-hydrogen) atoms. The Morgan fingerprint density at radius 2 is 2.00 bits per heavy atom. The van der Waals surface area contributed by atoms with Gasteiger partial charge in [-0.25, -0.2) is 0 Å². The molecule has 4 N–H and O–H groups in total. The topological polar surface area (TPSA) is 79.0 Å². The molecule has 0 aliphatic carbocycles. The lowest BCUT2D eigenvalue weighted by atomic mass is 10.2. The maximum atomic E-state index is 10.1. The first kappa shape index (κ1) is 17.9. The summed E-state index contributed by atoms with van der Waals surface area (Å²) in [5.41, 5.74) is 6.59. The van der Waals surface area contributed by atoms with Crippen molar-refractivity contribution in [1.82, 2.24) is 4.90 Å². The van der Waals surface area contributed by atoms with Crippen LogP contribution in [-0.4, -0.2) is 53.6 Å². The monoisotopic (exact) mass is 296 g/mol. The fraction of sp³-hybridized carbons (Fsp3) is 0.625. The van der Waals surface area contributed by atoms with Crippen molar-refractivity contribution in [2.45, 2.75) is 39.0 Å². The molecule has 0 radical (unpaired) electrons. The van der Waals surface area contributed by atoms with Gasteiger partial charge in [0.15, 0.2) is 0 Å². The number of ether oxygens (including phenoxy) is 1. The molecule has 0 aliphatic rings. The highest BCUT2D eigenvalue weighted by molar-refractivity contribution is 5.32. The highest BCUT2D eigenvalue weighted by Gasteiger charge is 2.15. The smallest absolute Gasteiger partial charge is 0.123 e. The molecule has 0 amide bonds. The second-order valence-corrected chi connectivity index (χ2v) is 5.44. The highest BCUT2D eigenvalue weighted by Crippen LogP contribution is 2.17. The van der Waals surface area contributed by atoms with Crippen LogP contribution in [0.3, 0.4) is 0 Å². The average Bonchev–Trinajstić information content (AvgIpc) is 2.49. The fourth-order valence-electron chi connectivity index (χ4n) is 2.16. The number of hydrogen-bond acceptors (Lipinski definition) is 5. The molecule has 0 bridgehead atoms. The lowest BCUT2D eigenvalue weighted by molar-refractivity contribution is 0.0546. The van der Waals surface area contributed by atoms with Crippen molar-refractivity contribution >= 4 is 0 Å². The second kappa shape index (κ2) is 9.73. The van der Waals surface area contributed by atoms with Crippen LogP contribution in [0.5, 0.6) is 5.75 Å². The van der Waals surface area contributed by atoms with Gasteiger partial charge in [0.05, 0.1) is 0 Å². The van der Waals surface area contributed by atoms with E-state index in [0.29, 0.717) is 25.6 Å². The van der Waals surface area contributed by atoms with Crippen LogP contribution in [-0.2, 0) is 6.54 Å². The SMILES string of the molecule is CC(C)N(CCCO)CC(O)COc1ccccc1CN.